The summed E-state index contributed by atoms with van der Waals surface area (Å²) in [6.45, 7) is 7.71. The zero-order valence-corrected chi connectivity index (χ0v) is 14.6. The zero-order valence-electron chi connectivity index (χ0n) is 13.8. The molecule has 0 saturated heterocycles. The molecule has 0 rings (SSSR count). The Bertz CT molecular complexity index is 400. The summed E-state index contributed by atoms with van der Waals surface area (Å²) >= 11 is 0. The van der Waals surface area contributed by atoms with Gasteiger partial charge in [0.05, 0.1) is 12.9 Å². The number of rotatable bonds is 9. The number of carbonyl (C=O) groups excluding carboxylic acids is 1. The van der Waals surface area contributed by atoms with Crippen LogP contribution in [-0.4, -0.2) is 39.0 Å². The fourth-order valence-corrected chi connectivity index (χ4v) is 2.24. The Balaban J connectivity index is 4.05. The molecule has 126 valence electrons. The van der Waals surface area contributed by atoms with Crippen LogP contribution < -0.4 is 5.32 Å². The van der Waals surface area contributed by atoms with Gasteiger partial charge in [0.2, 0.25) is 0 Å². The van der Waals surface area contributed by atoms with Crippen LogP contribution in [0.25, 0.3) is 0 Å². The summed E-state index contributed by atoms with van der Waals surface area (Å²) in [7, 11) is -3.36. The van der Waals surface area contributed by atoms with Gasteiger partial charge in [-0.3, -0.25) is 4.18 Å². The minimum absolute atomic E-state index is 0.0445. The van der Waals surface area contributed by atoms with Gasteiger partial charge in [-0.1, -0.05) is 13.3 Å². The van der Waals surface area contributed by atoms with Gasteiger partial charge in [-0.2, -0.15) is 8.42 Å². The minimum Gasteiger partial charge on any atom is -0.444 e. The van der Waals surface area contributed by atoms with E-state index in [4.69, 9.17) is 4.74 Å². The Morgan fingerprint density at radius 1 is 1.19 bits per heavy atom. The summed E-state index contributed by atoms with van der Waals surface area (Å²) in [6, 6.07) is 0.0445. The van der Waals surface area contributed by atoms with Crippen molar-refractivity contribution in [3.05, 3.63) is 0 Å². The molecule has 0 aromatic carbocycles. The van der Waals surface area contributed by atoms with Crippen molar-refractivity contribution in [1.29, 1.82) is 0 Å². The molecule has 0 aliphatic carbocycles. The average molecular weight is 323 g/mol. The molecule has 1 unspecified atom stereocenters. The van der Waals surface area contributed by atoms with E-state index in [0.717, 1.165) is 31.9 Å². The Labute approximate surface area is 128 Å². The number of amides is 1. The molecule has 0 heterocycles. The SMILES string of the molecule is CCCC(CCCCOS(C)(=O)=O)NC(=O)OC(C)(C)C. The second kappa shape index (κ2) is 9.25. The Kier molecular flexibility index (Phi) is 8.89. The van der Waals surface area contributed by atoms with Gasteiger partial charge < -0.3 is 10.1 Å². The third-order valence-corrected chi connectivity index (χ3v) is 3.20. The van der Waals surface area contributed by atoms with E-state index in [2.05, 4.69) is 16.4 Å². The molecular formula is C14H29NO5S. The lowest BCUT2D eigenvalue weighted by atomic mass is 10.1. The quantitative estimate of drug-likeness (QED) is 0.521. The molecule has 0 aliphatic heterocycles. The molecule has 0 spiro atoms. The molecule has 0 radical (unpaired) electrons. The molecule has 0 fully saturated rings. The number of nitrogens with one attached hydrogen (secondary N) is 1. The highest BCUT2D eigenvalue weighted by atomic mass is 32.2. The maximum Gasteiger partial charge on any atom is 0.407 e. The molecule has 1 amide bonds. The number of hydrogen-bond donors (Lipinski definition) is 1. The van der Waals surface area contributed by atoms with Crippen molar-refractivity contribution in [1.82, 2.24) is 5.32 Å². The van der Waals surface area contributed by atoms with Crippen molar-refractivity contribution in [2.75, 3.05) is 12.9 Å². The standard InChI is InChI=1S/C14H29NO5S/c1-6-9-12(15-13(16)20-14(2,3)4)10-7-8-11-19-21(5,17)18/h12H,6-11H2,1-5H3,(H,15,16). The van der Waals surface area contributed by atoms with Crippen molar-refractivity contribution in [2.24, 2.45) is 0 Å². The Hall–Kier alpha value is -0.820. The van der Waals surface area contributed by atoms with Crippen LogP contribution in [0.1, 0.15) is 59.8 Å². The molecule has 0 aliphatic rings. The van der Waals surface area contributed by atoms with Gasteiger partial charge in [0.1, 0.15) is 5.60 Å². The van der Waals surface area contributed by atoms with E-state index in [1.54, 1.807) is 0 Å². The summed E-state index contributed by atoms with van der Waals surface area (Å²) in [5.74, 6) is 0. The number of carbonyl (C=O) groups is 1. The molecule has 0 aromatic heterocycles. The van der Waals surface area contributed by atoms with Crippen molar-refractivity contribution in [3.8, 4) is 0 Å². The second-order valence-electron chi connectivity index (χ2n) is 6.15. The molecule has 0 saturated carbocycles. The highest BCUT2D eigenvalue weighted by molar-refractivity contribution is 7.85. The predicted octanol–water partition coefficient (Wildman–Crippen LogP) is 2.83. The van der Waals surface area contributed by atoms with Crippen LogP contribution in [0.4, 0.5) is 4.79 Å². The van der Waals surface area contributed by atoms with E-state index < -0.39 is 21.8 Å². The first-order chi connectivity index (χ1) is 9.53. The monoisotopic (exact) mass is 323 g/mol. The summed E-state index contributed by atoms with van der Waals surface area (Å²) in [6.07, 6.45) is 4.66. The van der Waals surface area contributed by atoms with E-state index in [9.17, 15) is 13.2 Å². The molecule has 0 bridgehead atoms. The molecule has 1 atom stereocenters. The third kappa shape index (κ3) is 13.9. The molecule has 1 N–H and O–H groups in total. The van der Waals surface area contributed by atoms with Crippen LogP contribution in [0, 0.1) is 0 Å². The van der Waals surface area contributed by atoms with Crippen LogP contribution in [0.5, 0.6) is 0 Å². The van der Waals surface area contributed by atoms with E-state index >= 15 is 0 Å². The number of hydrogen-bond acceptors (Lipinski definition) is 5. The van der Waals surface area contributed by atoms with Gasteiger partial charge in [0.25, 0.3) is 10.1 Å². The van der Waals surface area contributed by atoms with E-state index in [-0.39, 0.29) is 12.6 Å². The number of unbranched alkanes of at least 4 members (excludes halogenated alkanes) is 1. The Morgan fingerprint density at radius 2 is 1.81 bits per heavy atom. The van der Waals surface area contributed by atoms with E-state index in [1.807, 2.05) is 20.8 Å². The first kappa shape index (κ1) is 20.2. The van der Waals surface area contributed by atoms with Crippen LogP contribution in [0.3, 0.4) is 0 Å². The summed E-state index contributed by atoms with van der Waals surface area (Å²) in [5, 5.41) is 2.86. The number of alkyl carbamates (subject to hydrolysis) is 1. The number of ether oxygens (including phenoxy) is 1. The first-order valence-corrected chi connectivity index (χ1v) is 9.19. The van der Waals surface area contributed by atoms with Gasteiger partial charge >= 0.3 is 6.09 Å². The van der Waals surface area contributed by atoms with Crippen molar-refractivity contribution in [3.63, 3.8) is 0 Å². The maximum atomic E-state index is 11.7. The molecule has 7 heteroatoms. The minimum atomic E-state index is -3.36. The molecule has 21 heavy (non-hydrogen) atoms. The normalized spacial score (nSPS) is 13.8. The van der Waals surface area contributed by atoms with Gasteiger partial charge in [-0.05, 0) is 46.5 Å². The van der Waals surface area contributed by atoms with Gasteiger partial charge in [-0.25, -0.2) is 4.79 Å². The Morgan fingerprint density at radius 3 is 2.29 bits per heavy atom. The highest BCUT2D eigenvalue weighted by Gasteiger charge is 2.18. The van der Waals surface area contributed by atoms with Crippen LogP contribution >= 0.6 is 0 Å². The zero-order chi connectivity index (χ0) is 16.5. The summed E-state index contributed by atoms with van der Waals surface area (Å²) in [5.41, 5.74) is -0.510. The molecule has 6 nitrogen and oxygen atoms in total. The van der Waals surface area contributed by atoms with Crippen molar-refractivity contribution in [2.45, 2.75) is 71.4 Å². The summed E-state index contributed by atoms with van der Waals surface area (Å²) in [4.78, 5) is 11.7. The van der Waals surface area contributed by atoms with Crippen molar-refractivity contribution >= 4 is 16.2 Å². The average Bonchev–Trinajstić information content (AvgIpc) is 2.24. The van der Waals surface area contributed by atoms with E-state index in [0.29, 0.717) is 6.42 Å². The maximum absolute atomic E-state index is 11.7. The lowest BCUT2D eigenvalue weighted by Crippen LogP contribution is -2.39. The first-order valence-electron chi connectivity index (χ1n) is 7.37. The molecule has 0 aromatic rings. The smallest absolute Gasteiger partial charge is 0.407 e. The lowest BCUT2D eigenvalue weighted by molar-refractivity contribution is 0.0498. The fourth-order valence-electron chi connectivity index (χ4n) is 1.81. The van der Waals surface area contributed by atoms with Crippen LogP contribution in [-0.2, 0) is 19.0 Å². The van der Waals surface area contributed by atoms with Gasteiger partial charge in [0.15, 0.2) is 0 Å². The highest BCUT2D eigenvalue weighted by Crippen LogP contribution is 2.11. The van der Waals surface area contributed by atoms with Gasteiger partial charge in [0, 0.05) is 6.04 Å². The second-order valence-corrected chi connectivity index (χ2v) is 7.80. The topological polar surface area (TPSA) is 81.7 Å². The van der Waals surface area contributed by atoms with Crippen LogP contribution in [0.15, 0.2) is 0 Å². The lowest BCUT2D eigenvalue weighted by Gasteiger charge is -2.23. The van der Waals surface area contributed by atoms with Gasteiger partial charge in [-0.15, -0.1) is 0 Å². The molecular weight excluding hydrogens is 294 g/mol. The summed E-state index contributed by atoms with van der Waals surface area (Å²) < 4.78 is 31.5. The predicted molar refractivity (Wildman–Crippen MR) is 82.7 cm³/mol. The third-order valence-electron chi connectivity index (χ3n) is 2.60. The van der Waals surface area contributed by atoms with Crippen LogP contribution in [0.2, 0.25) is 0 Å². The fraction of sp³-hybridized carbons (Fsp3) is 0.929. The largest absolute Gasteiger partial charge is 0.444 e. The van der Waals surface area contributed by atoms with Crippen molar-refractivity contribution < 1.29 is 22.1 Å². The van der Waals surface area contributed by atoms with E-state index in [1.165, 1.54) is 0 Å².